The minimum atomic E-state index is -0.0185. The Hall–Kier alpha value is -1.84. The zero-order valence-corrected chi connectivity index (χ0v) is 16.1. The summed E-state index contributed by atoms with van der Waals surface area (Å²) in [5.41, 5.74) is 2.83. The lowest BCUT2D eigenvalue weighted by Crippen LogP contribution is -2.39. The lowest BCUT2D eigenvalue weighted by molar-refractivity contribution is 0.0932. The van der Waals surface area contributed by atoms with Gasteiger partial charge in [-0.2, -0.15) is 0 Å². The molecule has 1 aliphatic heterocycles. The quantitative estimate of drug-likeness (QED) is 0.803. The fourth-order valence-corrected chi connectivity index (χ4v) is 3.96. The van der Waals surface area contributed by atoms with E-state index in [-0.39, 0.29) is 11.9 Å². The van der Waals surface area contributed by atoms with E-state index < -0.39 is 0 Å². The maximum absolute atomic E-state index is 12.7. The Morgan fingerprint density at radius 3 is 2.38 bits per heavy atom. The van der Waals surface area contributed by atoms with Crippen molar-refractivity contribution in [2.75, 3.05) is 19.6 Å². The monoisotopic (exact) mass is 370 g/mol. The van der Waals surface area contributed by atoms with Crippen LogP contribution in [0.5, 0.6) is 0 Å². The molecule has 0 bridgehead atoms. The summed E-state index contributed by atoms with van der Waals surface area (Å²) in [7, 11) is 0. The third-order valence-electron chi connectivity index (χ3n) is 5.19. The number of hydrogen-bond acceptors (Lipinski definition) is 2. The number of rotatable bonds is 5. The number of hydrogen-bond donors (Lipinski definition) is 1. The predicted molar refractivity (Wildman–Crippen MR) is 108 cm³/mol. The summed E-state index contributed by atoms with van der Waals surface area (Å²) in [6.45, 7) is 4.64. The highest BCUT2D eigenvalue weighted by Gasteiger charge is 2.24. The van der Waals surface area contributed by atoms with Crippen LogP contribution >= 0.6 is 11.6 Å². The number of nitrogens with one attached hydrogen (secondary N) is 1. The predicted octanol–water partition coefficient (Wildman–Crippen LogP) is 5.00. The molecule has 2 aromatic rings. The zero-order valence-electron chi connectivity index (χ0n) is 15.4. The summed E-state index contributed by atoms with van der Waals surface area (Å²) in [6, 6.07) is 15.8. The minimum absolute atomic E-state index is 0.0185. The van der Waals surface area contributed by atoms with Crippen molar-refractivity contribution in [2.24, 2.45) is 0 Å². The van der Waals surface area contributed by atoms with Crippen LogP contribution in [0.1, 0.15) is 53.2 Å². The normalized spacial score (nSPS) is 16.7. The fourth-order valence-electron chi connectivity index (χ4n) is 3.70. The van der Waals surface area contributed by atoms with Crippen molar-refractivity contribution >= 4 is 17.5 Å². The van der Waals surface area contributed by atoms with Crippen molar-refractivity contribution < 1.29 is 4.79 Å². The summed E-state index contributed by atoms with van der Waals surface area (Å²) in [4.78, 5) is 15.2. The van der Waals surface area contributed by atoms with E-state index in [1.807, 2.05) is 49.4 Å². The van der Waals surface area contributed by atoms with Gasteiger partial charge in [0, 0.05) is 17.1 Å². The Morgan fingerprint density at radius 1 is 1.04 bits per heavy atom. The van der Waals surface area contributed by atoms with Gasteiger partial charge >= 0.3 is 0 Å². The number of amides is 1. The molecular formula is C22H27ClN2O. The van der Waals surface area contributed by atoms with E-state index in [1.165, 1.54) is 25.7 Å². The largest absolute Gasteiger partial charge is 0.350 e. The van der Waals surface area contributed by atoms with Crippen molar-refractivity contribution in [3.05, 3.63) is 70.2 Å². The SMILES string of the molecule is Cc1ccccc1C(=O)NCC(c1ccccc1Cl)N1CCCCCC1. The van der Waals surface area contributed by atoms with Gasteiger partial charge in [-0.3, -0.25) is 9.69 Å². The first-order valence-electron chi connectivity index (χ1n) is 9.49. The number of carbonyl (C=O) groups excluding carboxylic acids is 1. The highest BCUT2D eigenvalue weighted by molar-refractivity contribution is 6.31. The Morgan fingerprint density at radius 2 is 1.69 bits per heavy atom. The van der Waals surface area contributed by atoms with Gasteiger partial charge in [0.25, 0.3) is 5.91 Å². The first-order valence-corrected chi connectivity index (χ1v) is 9.87. The lowest BCUT2D eigenvalue weighted by atomic mass is 10.0. The van der Waals surface area contributed by atoms with Crippen molar-refractivity contribution in [1.82, 2.24) is 10.2 Å². The van der Waals surface area contributed by atoms with Gasteiger partial charge in [0.2, 0.25) is 0 Å². The molecule has 0 aliphatic carbocycles. The van der Waals surface area contributed by atoms with E-state index >= 15 is 0 Å². The molecule has 2 aromatic carbocycles. The van der Waals surface area contributed by atoms with E-state index in [0.717, 1.165) is 34.8 Å². The second kappa shape index (κ2) is 9.20. The van der Waals surface area contributed by atoms with Crippen molar-refractivity contribution in [1.29, 1.82) is 0 Å². The molecule has 0 radical (unpaired) electrons. The fraction of sp³-hybridized carbons (Fsp3) is 0.409. The summed E-state index contributed by atoms with van der Waals surface area (Å²) in [5, 5.41) is 3.91. The van der Waals surface area contributed by atoms with Crippen LogP contribution < -0.4 is 5.32 Å². The highest BCUT2D eigenvalue weighted by Crippen LogP contribution is 2.29. The average molecular weight is 371 g/mol. The summed E-state index contributed by atoms with van der Waals surface area (Å²) in [6.07, 6.45) is 4.96. The van der Waals surface area contributed by atoms with E-state index in [0.29, 0.717) is 6.54 Å². The Bertz CT molecular complexity index is 738. The van der Waals surface area contributed by atoms with Gasteiger partial charge in [-0.25, -0.2) is 0 Å². The molecule has 0 saturated carbocycles. The summed E-state index contributed by atoms with van der Waals surface area (Å²) < 4.78 is 0. The molecule has 26 heavy (non-hydrogen) atoms. The molecule has 1 amide bonds. The average Bonchev–Trinajstić information content (AvgIpc) is 2.93. The number of likely N-dealkylation sites (tertiary alicyclic amines) is 1. The van der Waals surface area contributed by atoms with Gasteiger partial charge in [0.05, 0.1) is 6.04 Å². The van der Waals surface area contributed by atoms with Crippen molar-refractivity contribution in [3.8, 4) is 0 Å². The molecule has 1 atom stereocenters. The molecule has 0 spiro atoms. The maximum Gasteiger partial charge on any atom is 0.251 e. The van der Waals surface area contributed by atoms with Crippen LogP contribution in [0.15, 0.2) is 48.5 Å². The van der Waals surface area contributed by atoms with Crippen molar-refractivity contribution in [3.63, 3.8) is 0 Å². The van der Waals surface area contributed by atoms with Gasteiger partial charge in [-0.1, -0.05) is 60.8 Å². The molecule has 1 saturated heterocycles. The molecule has 0 aromatic heterocycles. The topological polar surface area (TPSA) is 32.3 Å². The Labute approximate surface area is 161 Å². The molecule has 138 valence electrons. The first-order chi connectivity index (χ1) is 12.7. The van der Waals surface area contributed by atoms with E-state index in [1.54, 1.807) is 0 Å². The van der Waals surface area contributed by atoms with Crippen molar-refractivity contribution in [2.45, 2.75) is 38.6 Å². The summed E-state index contributed by atoms with van der Waals surface area (Å²) in [5.74, 6) is -0.0185. The van der Waals surface area contributed by atoms with Gasteiger partial charge in [-0.05, 0) is 56.1 Å². The molecule has 1 N–H and O–H groups in total. The number of benzene rings is 2. The number of carbonyl (C=O) groups is 1. The minimum Gasteiger partial charge on any atom is -0.350 e. The van der Waals surface area contributed by atoms with Gasteiger partial charge in [0.1, 0.15) is 0 Å². The lowest BCUT2D eigenvalue weighted by Gasteiger charge is -2.32. The van der Waals surface area contributed by atoms with Gasteiger partial charge in [-0.15, -0.1) is 0 Å². The number of aryl methyl sites for hydroxylation is 1. The molecule has 3 rings (SSSR count). The molecule has 1 heterocycles. The maximum atomic E-state index is 12.7. The zero-order chi connectivity index (χ0) is 18.4. The standard InChI is InChI=1S/C22H27ClN2O/c1-17-10-4-5-11-18(17)22(26)24-16-21(19-12-6-7-13-20(19)23)25-14-8-2-3-9-15-25/h4-7,10-13,21H,2-3,8-9,14-16H2,1H3,(H,24,26). The van der Waals surface area contributed by atoms with Crippen LogP contribution in [0.4, 0.5) is 0 Å². The molecule has 1 aliphatic rings. The van der Waals surface area contributed by atoms with E-state index in [4.69, 9.17) is 11.6 Å². The molecule has 1 unspecified atom stereocenters. The third-order valence-corrected chi connectivity index (χ3v) is 5.54. The number of nitrogens with zero attached hydrogens (tertiary/aromatic N) is 1. The molecule has 4 heteroatoms. The molecular weight excluding hydrogens is 344 g/mol. The second-order valence-corrected chi connectivity index (χ2v) is 7.42. The van der Waals surface area contributed by atoms with E-state index in [2.05, 4.69) is 16.3 Å². The van der Waals surface area contributed by atoms with Gasteiger partial charge in [0.15, 0.2) is 0 Å². The molecule has 1 fully saturated rings. The smallest absolute Gasteiger partial charge is 0.251 e. The van der Waals surface area contributed by atoms with Crippen LogP contribution in [-0.2, 0) is 0 Å². The Balaban J connectivity index is 1.78. The second-order valence-electron chi connectivity index (χ2n) is 7.01. The third kappa shape index (κ3) is 4.66. The van der Waals surface area contributed by atoms with Gasteiger partial charge < -0.3 is 5.32 Å². The van der Waals surface area contributed by atoms with Crippen LogP contribution in [-0.4, -0.2) is 30.4 Å². The van der Waals surface area contributed by atoms with E-state index in [9.17, 15) is 4.79 Å². The van der Waals surface area contributed by atoms with Crippen LogP contribution in [0.2, 0.25) is 5.02 Å². The van der Waals surface area contributed by atoms with Crippen LogP contribution in [0.3, 0.4) is 0 Å². The van der Waals surface area contributed by atoms with Crippen LogP contribution in [0, 0.1) is 6.92 Å². The first kappa shape index (κ1) is 18.9. The Kier molecular flexibility index (Phi) is 6.70. The molecule has 3 nitrogen and oxygen atoms in total. The highest BCUT2D eigenvalue weighted by atomic mass is 35.5. The number of halogens is 1. The van der Waals surface area contributed by atoms with Crippen LogP contribution in [0.25, 0.3) is 0 Å². The summed E-state index contributed by atoms with van der Waals surface area (Å²) >= 11 is 6.50.